The van der Waals surface area contributed by atoms with Gasteiger partial charge in [-0.3, -0.25) is 9.78 Å². The van der Waals surface area contributed by atoms with E-state index in [0.29, 0.717) is 5.56 Å². The summed E-state index contributed by atoms with van der Waals surface area (Å²) >= 11 is 0. The molecule has 1 aromatic rings. The van der Waals surface area contributed by atoms with Crippen LogP contribution in [0, 0.1) is 19.3 Å². The first-order valence-electron chi connectivity index (χ1n) is 7.36. The molecule has 0 saturated carbocycles. The van der Waals surface area contributed by atoms with Crippen molar-refractivity contribution in [2.75, 3.05) is 19.7 Å². The Morgan fingerprint density at radius 2 is 2.00 bits per heavy atom. The molecule has 1 N–H and O–H groups in total. The van der Waals surface area contributed by atoms with Gasteiger partial charge in [0, 0.05) is 25.4 Å². The van der Waals surface area contributed by atoms with Gasteiger partial charge in [-0.25, -0.2) is 0 Å². The summed E-state index contributed by atoms with van der Waals surface area (Å²) in [5.41, 5.74) is 2.44. The van der Waals surface area contributed by atoms with Gasteiger partial charge in [0.25, 0.3) is 5.91 Å². The van der Waals surface area contributed by atoms with Gasteiger partial charge in [0.1, 0.15) is 0 Å². The van der Waals surface area contributed by atoms with E-state index in [2.05, 4.69) is 11.9 Å². The third-order valence-electron chi connectivity index (χ3n) is 4.65. The van der Waals surface area contributed by atoms with Crippen molar-refractivity contribution in [3.8, 4) is 0 Å². The standard InChI is InChI=1S/C16H24N2O2/c1-4-16(11-19)7-9-18(10-8-16)15(20)14-6-5-12(2)17-13(14)3/h5-6,19H,4,7-11H2,1-3H3. The number of pyridine rings is 1. The summed E-state index contributed by atoms with van der Waals surface area (Å²) in [4.78, 5) is 18.8. The summed E-state index contributed by atoms with van der Waals surface area (Å²) in [7, 11) is 0. The maximum atomic E-state index is 12.5. The predicted octanol–water partition coefficient (Wildman–Crippen LogP) is 2.32. The third-order valence-corrected chi connectivity index (χ3v) is 4.65. The Morgan fingerprint density at radius 1 is 1.35 bits per heavy atom. The minimum Gasteiger partial charge on any atom is -0.396 e. The van der Waals surface area contributed by atoms with Gasteiger partial charge < -0.3 is 10.0 Å². The van der Waals surface area contributed by atoms with Crippen molar-refractivity contribution in [2.24, 2.45) is 5.41 Å². The summed E-state index contributed by atoms with van der Waals surface area (Å²) in [6.07, 6.45) is 2.73. The van der Waals surface area contributed by atoms with Crippen molar-refractivity contribution < 1.29 is 9.90 Å². The van der Waals surface area contributed by atoms with Gasteiger partial charge in [0.05, 0.1) is 11.3 Å². The predicted molar refractivity (Wildman–Crippen MR) is 78.7 cm³/mol. The van der Waals surface area contributed by atoms with Crippen molar-refractivity contribution in [3.05, 3.63) is 29.1 Å². The second-order valence-corrected chi connectivity index (χ2v) is 5.89. The summed E-state index contributed by atoms with van der Waals surface area (Å²) in [5.74, 6) is 0.0673. The van der Waals surface area contributed by atoms with Crippen LogP contribution in [0.2, 0.25) is 0 Å². The maximum absolute atomic E-state index is 12.5. The molecular formula is C16H24N2O2. The first-order valence-corrected chi connectivity index (χ1v) is 7.36. The number of piperidine rings is 1. The molecule has 2 heterocycles. The van der Waals surface area contributed by atoms with Crippen LogP contribution in [0.1, 0.15) is 47.9 Å². The normalized spacial score (nSPS) is 18.1. The second-order valence-electron chi connectivity index (χ2n) is 5.89. The summed E-state index contributed by atoms with van der Waals surface area (Å²) in [5, 5.41) is 9.54. The number of hydrogen-bond donors (Lipinski definition) is 1. The summed E-state index contributed by atoms with van der Waals surface area (Å²) < 4.78 is 0. The van der Waals surface area contributed by atoms with Crippen LogP contribution in [-0.2, 0) is 0 Å². The lowest BCUT2D eigenvalue weighted by atomic mass is 9.77. The molecule has 1 fully saturated rings. The van der Waals surface area contributed by atoms with Gasteiger partial charge >= 0.3 is 0 Å². The number of aliphatic hydroxyl groups excluding tert-OH is 1. The fourth-order valence-corrected chi connectivity index (χ4v) is 2.89. The Hall–Kier alpha value is -1.42. The molecule has 2 rings (SSSR count). The second kappa shape index (κ2) is 5.92. The van der Waals surface area contributed by atoms with Crippen molar-refractivity contribution in [2.45, 2.75) is 40.0 Å². The number of amides is 1. The molecule has 0 unspecified atom stereocenters. The van der Waals surface area contributed by atoms with Crippen molar-refractivity contribution in [1.29, 1.82) is 0 Å². The fraction of sp³-hybridized carbons (Fsp3) is 0.625. The third kappa shape index (κ3) is 2.85. The van der Waals surface area contributed by atoms with Gasteiger partial charge in [0.2, 0.25) is 0 Å². The van der Waals surface area contributed by atoms with Gasteiger partial charge in [0.15, 0.2) is 0 Å². The number of aliphatic hydroxyl groups is 1. The van der Waals surface area contributed by atoms with E-state index in [1.54, 1.807) is 0 Å². The number of hydrogen-bond acceptors (Lipinski definition) is 3. The van der Waals surface area contributed by atoms with Crippen LogP contribution in [0.15, 0.2) is 12.1 Å². The van der Waals surface area contributed by atoms with E-state index in [-0.39, 0.29) is 17.9 Å². The zero-order valence-corrected chi connectivity index (χ0v) is 12.6. The average Bonchev–Trinajstić information content (AvgIpc) is 2.47. The first-order chi connectivity index (χ1) is 9.51. The number of likely N-dealkylation sites (tertiary alicyclic amines) is 1. The van der Waals surface area contributed by atoms with E-state index < -0.39 is 0 Å². The maximum Gasteiger partial charge on any atom is 0.255 e. The lowest BCUT2D eigenvalue weighted by molar-refractivity contribution is 0.0337. The number of carbonyl (C=O) groups is 1. The largest absolute Gasteiger partial charge is 0.396 e. The van der Waals surface area contributed by atoms with E-state index >= 15 is 0 Å². The number of nitrogens with zero attached hydrogens (tertiary/aromatic N) is 2. The van der Waals surface area contributed by atoms with E-state index in [1.165, 1.54) is 0 Å². The van der Waals surface area contributed by atoms with Gasteiger partial charge in [-0.05, 0) is 50.7 Å². The van der Waals surface area contributed by atoms with Crippen LogP contribution in [0.5, 0.6) is 0 Å². The number of carbonyl (C=O) groups excluding carboxylic acids is 1. The Morgan fingerprint density at radius 3 is 2.50 bits per heavy atom. The van der Waals surface area contributed by atoms with E-state index in [9.17, 15) is 9.90 Å². The molecule has 0 bridgehead atoms. The molecule has 1 aliphatic rings. The zero-order valence-electron chi connectivity index (χ0n) is 12.6. The number of aromatic nitrogens is 1. The molecule has 0 radical (unpaired) electrons. The van der Waals surface area contributed by atoms with Gasteiger partial charge in [-0.1, -0.05) is 6.92 Å². The number of aryl methyl sites for hydroxylation is 2. The first kappa shape index (κ1) is 15.0. The lowest BCUT2D eigenvalue weighted by Gasteiger charge is -2.40. The molecule has 1 aliphatic heterocycles. The Labute approximate surface area is 120 Å². The molecule has 1 amide bonds. The molecule has 110 valence electrons. The highest BCUT2D eigenvalue weighted by atomic mass is 16.3. The summed E-state index contributed by atoms with van der Waals surface area (Å²) in [6.45, 7) is 7.59. The molecule has 0 aliphatic carbocycles. The molecule has 0 aromatic carbocycles. The van der Waals surface area contributed by atoms with Crippen LogP contribution >= 0.6 is 0 Å². The van der Waals surface area contributed by atoms with E-state index in [4.69, 9.17) is 0 Å². The SMILES string of the molecule is CCC1(CO)CCN(C(=O)c2ccc(C)nc2C)CC1. The smallest absolute Gasteiger partial charge is 0.255 e. The quantitative estimate of drug-likeness (QED) is 0.922. The molecule has 4 heteroatoms. The highest BCUT2D eigenvalue weighted by Gasteiger charge is 2.34. The van der Waals surface area contributed by atoms with Crippen molar-refractivity contribution in [1.82, 2.24) is 9.88 Å². The molecule has 0 atom stereocenters. The minimum absolute atomic E-state index is 0.0113. The van der Waals surface area contributed by atoms with Crippen LogP contribution in [0.25, 0.3) is 0 Å². The summed E-state index contributed by atoms with van der Waals surface area (Å²) in [6, 6.07) is 3.75. The average molecular weight is 276 g/mol. The monoisotopic (exact) mass is 276 g/mol. The molecule has 1 saturated heterocycles. The molecular weight excluding hydrogens is 252 g/mol. The number of rotatable bonds is 3. The topological polar surface area (TPSA) is 53.4 Å². The van der Waals surface area contributed by atoms with Crippen LogP contribution in [0.4, 0.5) is 0 Å². The Bertz CT molecular complexity index is 485. The molecule has 4 nitrogen and oxygen atoms in total. The fourth-order valence-electron chi connectivity index (χ4n) is 2.89. The Kier molecular flexibility index (Phi) is 4.43. The van der Waals surface area contributed by atoms with Crippen molar-refractivity contribution in [3.63, 3.8) is 0 Å². The molecule has 20 heavy (non-hydrogen) atoms. The van der Waals surface area contributed by atoms with Crippen LogP contribution in [0.3, 0.4) is 0 Å². The minimum atomic E-state index is 0.0113. The molecule has 1 aromatic heterocycles. The van der Waals surface area contributed by atoms with Gasteiger partial charge in [-0.2, -0.15) is 0 Å². The van der Waals surface area contributed by atoms with Crippen LogP contribution < -0.4 is 0 Å². The highest BCUT2D eigenvalue weighted by Crippen LogP contribution is 2.34. The zero-order chi connectivity index (χ0) is 14.8. The van der Waals surface area contributed by atoms with Crippen LogP contribution in [-0.4, -0.2) is 40.6 Å². The molecule has 0 spiro atoms. The van der Waals surface area contributed by atoms with E-state index in [0.717, 1.165) is 43.7 Å². The lowest BCUT2D eigenvalue weighted by Crippen LogP contribution is -2.44. The highest BCUT2D eigenvalue weighted by molar-refractivity contribution is 5.95. The van der Waals surface area contributed by atoms with Gasteiger partial charge in [-0.15, -0.1) is 0 Å². The van der Waals surface area contributed by atoms with Crippen molar-refractivity contribution >= 4 is 5.91 Å². The van der Waals surface area contributed by atoms with E-state index in [1.807, 2.05) is 30.9 Å². The Balaban J connectivity index is 2.09.